The van der Waals surface area contributed by atoms with E-state index in [0.29, 0.717) is 23.9 Å². The van der Waals surface area contributed by atoms with Gasteiger partial charge in [-0.1, -0.05) is 6.07 Å². The first-order valence-electron chi connectivity index (χ1n) is 10.2. The lowest BCUT2D eigenvalue weighted by atomic mass is 10.1. The van der Waals surface area contributed by atoms with Crippen LogP contribution in [0.3, 0.4) is 0 Å². The highest BCUT2D eigenvalue weighted by Gasteiger charge is 2.19. The van der Waals surface area contributed by atoms with E-state index in [1.165, 1.54) is 0 Å². The van der Waals surface area contributed by atoms with Gasteiger partial charge in [-0.15, -0.1) is 0 Å². The SMILES string of the molecule is O=C(Cc1cc(F)cc(F)c1)Nc1ccc(NCc2cccnc2)nc1N1CCCC1. The van der Waals surface area contributed by atoms with Crippen molar-refractivity contribution >= 4 is 23.2 Å². The van der Waals surface area contributed by atoms with Gasteiger partial charge < -0.3 is 15.5 Å². The quantitative estimate of drug-likeness (QED) is 0.598. The Morgan fingerprint density at radius 1 is 1.03 bits per heavy atom. The summed E-state index contributed by atoms with van der Waals surface area (Å²) in [6.45, 7) is 2.30. The van der Waals surface area contributed by atoms with Gasteiger partial charge in [-0.05, 0) is 54.3 Å². The van der Waals surface area contributed by atoms with Crippen LogP contribution in [0.1, 0.15) is 24.0 Å². The predicted molar refractivity (Wildman–Crippen MR) is 116 cm³/mol. The Morgan fingerprint density at radius 2 is 1.81 bits per heavy atom. The highest BCUT2D eigenvalue weighted by Crippen LogP contribution is 2.29. The van der Waals surface area contributed by atoms with Crippen molar-refractivity contribution < 1.29 is 13.6 Å². The smallest absolute Gasteiger partial charge is 0.228 e. The number of rotatable bonds is 7. The lowest BCUT2D eigenvalue weighted by molar-refractivity contribution is -0.115. The minimum atomic E-state index is -0.703. The van der Waals surface area contributed by atoms with Gasteiger partial charge in [0.15, 0.2) is 5.82 Å². The number of amides is 1. The molecule has 0 unspecified atom stereocenters. The normalized spacial score (nSPS) is 13.3. The van der Waals surface area contributed by atoms with Crippen LogP contribution in [0, 0.1) is 11.6 Å². The van der Waals surface area contributed by atoms with Gasteiger partial charge in [0.1, 0.15) is 17.5 Å². The first kappa shape index (κ1) is 20.7. The van der Waals surface area contributed by atoms with Crippen LogP contribution >= 0.6 is 0 Å². The molecule has 1 amide bonds. The first-order valence-corrected chi connectivity index (χ1v) is 10.2. The number of carbonyl (C=O) groups excluding carboxylic acids is 1. The summed E-state index contributed by atoms with van der Waals surface area (Å²) < 4.78 is 26.8. The largest absolute Gasteiger partial charge is 0.366 e. The van der Waals surface area contributed by atoms with E-state index in [1.807, 2.05) is 12.1 Å². The fraction of sp³-hybridized carbons (Fsp3) is 0.261. The Kier molecular flexibility index (Phi) is 6.35. The van der Waals surface area contributed by atoms with Crippen LogP contribution < -0.4 is 15.5 Å². The van der Waals surface area contributed by atoms with Crippen molar-refractivity contribution in [1.82, 2.24) is 9.97 Å². The molecule has 3 heterocycles. The minimum Gasteiger partial charge on any atom is -0.366 e. The second-order valence-electron chi connectivity index (χ2n) is 7.48. The summed E-state index contributed by atoms with van der Waals surface area (Å²) in [5, 5.41) is 6.13. The molecule has 2 aromatic heterocycles. The molecule has 31 heavy (non-hydrogen) atoms. The van der Waals surface area contributed by atoms with Crippen molar-refractivity contribution in [1.29, 1.82) is 0 Å². The molecule has 0 atom stereocenters. The van der Waals surface area contributed by atoms with Crippen LogP contribution in [0.5, 0.6) is 0 Å². The Hall–Kier alpha value is -3.55. The highest BCUT2D eigenvalue weighted by molar-refractivity contribution is 5.95. The van der Waals surface area contributed by atoms with E-state index in [0.717, 1.165) is 49.7 Å². The van der Waals surface area contributed by atoms with E-state index in [1.54, 1.807) is 24.5 Å². The maximum atomic E-state index is 13.4. The molecule has 6 nitrogen and oxygen atoms in total. The molecule has 2 N–H and O–H groups in total. The Bertz CT molecular complexity index is 1030. The molecule has 0 bridgehead atoms. The molecule has 1 fully saturated rings. The van der Waals surface area contributed by atoms with Crippen molar-refractivity contribution in [3.63, 3.8) is 0 Å². The van der Waals surface area contributed by atoms with Gasteiger partial charge in [-0.2, -0.15) is 0 Å². The summed E-state index contributed by atoms with van der Waals surface area (Å²) in [7, 11) is 0. The van der Waals surface area contributed by atoms with Gasteiger partial charge >= 0.3 is 0 Å². The number of halogens is 2. The third-order valence-electron chi connectivity index (χ3n) is 5.04. The highest BCUT2D eigenvalue weighted by atomic mass is 19.1. The molecule has 0 aliphatic carbocycles. The van der Waals surface area contributed by atoms with E-state index < -0.39 is 11.6 Å². The zero-order chi connectivity index (χ0) is 21.6. The summed E-state index contributed by atoms with van der Waals surface area (Å²) in [5.74, 6) is -0.385. The molecule has 1 saturated heterocycles. The van der Waals surface area contributed by atoms with Crippen molar-refractivity contribution in [2.24, 2.45) is 0 Å². The average molecular weight is 423 g/mol. The van der Waals surface area contributed by atoms with Crippen molar-refractivity contribution in [3.8, 4) is 0 Å². The van der Waals surface area contributed by atoms with Crippen molar-refractivity contribution in [2.45, 2.75) is 25.8 Å². The average Bonchev–Trinajstić information content (AvgIpc) is 3.27. The van der Waals surface area contributed by atoms with E-state index >= 15 is 0 Å². The second-order valence-corrected chi connectivity index (χ2v) is 7.48. The molecular formula is C23H23F2N5O. The second kappa shape index (κ2) is 9.51. The third kappa shape index (κ3) is 5.53. The van der Waals surface area contributed by atoms with Crippen LogP contribution in [0.15, 0.2) is 54.9 Å². The maximum absolute atomic E-state index is 13.4. The molecule has 0 spiro atoms. The standard InChI is InChI=1S/C23H23F2N5O/c24-18-10-17(11-19(25)13-18)12-22(31)28-20-5-6-21(27-15-16-4-3-7-26-14-16)29-23(20)30-8-1-2-9-30/h3-7,10-11,13-14H,1-2,8-9,12,15H2,(H,27,29)(H,28,31). The molecule has 1 aliphatic rings. The topological polar surface area (TPSA) is 70.1 Å². The number of nitrogens with zero attached hydrogens (tertiary/aromatic N) is 3. The number of nitrogens with one attached hydrogen (secondary N) is 2. The van der Waals surface area contributed by atoms with Gasteiger partial charge in [0.2, 0.25) is 5.91 Å². The van der Waals surface area contributed by atoms with E-state index in [2.05, 4.69) is 20.5 Å². The van der Waals surface area contributed by atoms with Crippen LogP contribution in [-0.2, 0) is 17.8 Å². The fourth-order valence-corrected chi connectivity index (χ4v) is 3.60. The summed E-state index contributed by atoms with van der Waals surface area (Å²) in [4.78, 5) is 23.5. The van der Waals surface area contributed by atoms with E-state index in [9.17, 15) is 13.6 Å². The lowest BCUT2D eigenvalue weighted by Crippen LogP contribution is -2.23. The summed E-state index contributed by atoms with van der Waals surface area (Å²) in [5.41, 5.74) is 1.89. The molecule has 0 saturated carbocycles. The summed E-state index contributed by atoms with van der Waals surface area (Å²) >= 11 is 0. The Morgan fingerprint density at radius 3 is 2.52 bits per heavy atom. The third-order valence-corrected chi connectivity index (χ3v) is 5.04. The monoisotopic (exact) mass is 423 g/mol. The van der Waals surface area contributed by atoms with E-state index in [4.69, 9.17) is 4.98 Å². The van der Waals surface area contributed by atoms with Gasteiger partial charge in [-0.25, -0.2) is 13.8 Å². The molecule has 1 aliphatic heterocycles. The molecule has 0 radical (unpaired) electrons. The number of hydrogen-bond donors (Lipinski definition) is 2. The summed E-state index contributed by atoms with van der Waals surface area (Å²) in [6, 6.07) is 10.6. The number of hydrogen-bond acceptors (Lipinski definition) is 5. The lowest BCUT2D eigenvalue weighted by Gasteiger charge is -2.21. The van der Waals surface area contributed by atoms with Crippen LogP contribution in [0.2, 0.25) is 0 Å². The number of carbonyl (C=O) groups is 1. The van der Waals surface area contributed by atoms with Crippen LogP contribution in [-0.4, -0.2) is 29.0 Å². The van der Waals surface area contributed by atoms with Crippen LogP contribution in [0.25, 0.3) is 0 Å². The number of benzene rings is 1. The number of aromatic nitrogens is 2. The van der Waals surface area contributed by atoms with Gasteiger partial charge in [0.25, 0.3) is 0 Å². The van der Waals surface area contributed by atoms with Crippen LogP contribution in [0.4, 0.5) is 26.1 Å². The Labute approximate surface area is 179 Å². The maximum Gasteiger partial charge on any atom is 0.228 e. The number of anilines is 3. The fourth-order valence-electron chi connectivity index (χ4n) is 3.60. The molecule has 4 rings (SSSR count). The van der Waals surface area contributed by atoms with Gasteiger partial charge in [-0.3, -0.25) is 9.78 Å². The molecule has 160 valence electrons. The zero-order valence-electron chi connectivity index (χ0n) is 16.9. The Balaban J connectivity index is 1.49. The van der Waals surface area contributed by atoms with E-state index in [-0.39, 0.29) is 17.9 Å². The number of pyridine rings is 2. The molecular weight excluding hydrogens is 400 g/mol. The molecule has 3 aromatic rings. The zero-order valence-corrected chi connectivity index (χ0v) is 16.9. The van der Waals surface area contributed by atoms with Crippen molar-refractivity contribution in [2.75, 3.05) is 28.6 Å². The van der Waals surface area contributed by atoms with Gasteiger partial charge in [0.05, 0.1) is 12.1 Å². The molecule has 8 heteroatoms. The first-order chi connectivity index (χ1) is 15.1. The van der Waals surface area contributed by atoms with Crippen molar-refractivity contribution in [3.05, 3.63) is 77.6 Å². The minimum absolute atomic E-state index is 0.130. The van der Waals surface area contributed by atoms with Gasteiger partial charge in [0, 0.05) is 38.1 Å². The predicted octanol–water partition coefficient (Wildman–Crippen LogP) is 4.15. The molecule has 1 aromatic carbocycles. The summed E-state index contributed by atoms with van der Waals surface area (Å²) in [6.07, 6.45) is 5.51.